The monoisotopic (exact) mass is 388 g/mol. The number of hydrogen-bond donors (Lipinski definition) is 0. The van der Waals surface area contributed by atoms with E-state index in [0.717, 1.165) is 52.4 Å². The van der Waals surface area contributed by atoms with Gasteiger partial charge in [0, 0.05) is 71.9 Å². The molecule has 2 saturated heterocycles. The smallest absolute Gasteiger partial charge is 0.409 e. The molecule has 7 nitrogen and oxygen atoms in total. The van der Waals surface area contributed by atoms with Crippen LogP contribution in [0.25, 0.3) is 0 Å². The minimum Gasteiger partial charge on any atom is -0.450 e. The molecule has 2 fully saturated rings. The summed E-state index contributed by atoms with van der Waals surface area (Å²) in [5.74, 6) is 0.243. The molecule has 0 radical (unpaired) electrons. The molecule has 1 aromatic rings. The van der Waals surface area contributed by atoms with Gasteiger partial charge in [-0.25, -0.2) is 4.79 Å². The van der Waals surface area contributed by atoms with Crippen LogP contribution in [0.1, 0.15) is 18.9 Å². The molecule has 2 aliphatic heterocycles. The van der Waals surface area contributed by atoms with Gasteiger partial charge in [0.05, 0.1) is 6.61 Å². The Morgan fingerprint density at radius 1 is 0.857 bits per heavy atom. The Balaban J connectivity index is 1.32. The summed E-state index contributed by atoms with van der Waals surface area (Å²) in [4.78, 5) is 32.7. The average Bonchev–Trinajstić information content (AvgIpc) is 2.74. The zero-order valence-electron chi connectivity index (χ0n) is 16.9. The number of carbonyl (C=O) groups excluding carboxylic acids is 2. The maximum Gasteiger partial charge on any atom is 0.409 e. The summed E-state index contributed by atoms with van der Waals surface area (Å²) < 4.78 is 5.04. The molecular weight excluding hydrogens is 356 g/mol. The molecule has 0 N–H and O–H groups in total. The Labute approximate surface area is 167 Å². The molecule has 0 aromatic heterocycles. The molecule has 2 heterocycles. The van der Waals surface area contributed by atoms with Crippen LogP contribution < -0.4 is 0 Å². The van der Waals surface area contributed by atoms with Gasteiger partial charge in [0.2, 0.25) is 5.91 Å². The van der Waals surface area contributed by atoms with Crippen molar-refractivity contribution in [3.63, 3.8) is 0 Å². The molecule has 0 unspecified atom stereocenters. The van der Waals surface area contributed by atoms with Gasteiger partial charge in [-0.2, -0.15) is 0 Å². The topological polar surface area (TPSA) is 56.3 Å². The molecule has 0 atom stereocenters. The van der Waals surface area contributed by atoms with Crippen molar-refractivity contribution in [3.05, 3.63) is 35.9 Å². The highest BCUT2D eigenvalue weighted by atomic mass is 16.6. The van der Waals surface area contributed by atoms with Crippen molar-refractivity contribution in [3.8, 4) is 0 Å². The summed E-state index contributed by atoms with van der Waals surface area (Å²) in [5, 5.41) is 0. The Bertz CT molecular complexity index is 624. The average molecular weight is 389 g/mol. The maximum atomic E-state index is 12.6. The second kappa shape index (κ2) is 10.4. The number of carbonyl (C=O) groups is 2. The molecule has 0 bridgehead atoms. The first kappa shape index (κ1) is 20.6. The Morgan fingerprint density at radius 2 is 1.46 bits per heavy atom. The third kappa shape index (κ3) is 5.94. The van der Waals surface area contributed by atoms with Gasteiger partial charge < -0.3 is 14.5 Å². The fourth-order valence-corrected chi connectivity index (χ4v) is 3.78. The van der Waals surface area contributed by atoms with Gasteiger partial charge in [-0.05, 0) is 12.5 Å². The van der Waals surface area contributed by atoms with Gasteiger partial charge in [-0.15, -0.1) is 0 Å². The Hall–Kier alpha value is -2.12. The van der Waals surface area contributed by atoms with Gasteiger partial charge >= 0.3 is 6.09 Å². The van der Waals surface area contributed by atoms with Crippen LogP contribution in [0.2, 0.25) is 0 Å². The van der Waals surface area contributed by atoms with Crippen LogP contribution >= 0.6 is 0 Å². The largest absolute Gasteiger partial charge is 0.450 e. The van der Waals surface area contributed by atoms with Crippen LogP contribution in [-0.4, -0.2) is 97.1 Å². The van der Waals surface area contributed by atoms with Crippen LogP contribution in [0.15, 0.2) is 30.3 Å². The summed E-state index contributed by atoms with van der Waals surface area (Å²) in [6, 6.07) is 10.5. The van der Waals surface area contributed by atoms with E-state index in [2.05, 4.69) is 34.1 Å². The SMILES string of the molecule is CCOC(=O)N1CCN(CCC(=O)N2CCN(Cc3ccccc3)CC2)CC1. The van der Waals surface area contributed by atoms with E-state index in [-0.39, 0.29) is 12.0 Å². The van der Waals surface area contributed by atoms with Crippen LogP contribution in [0.5, 0.6) is 0 Å². The zero-order valence-corrected chi connectivity index (χ0v) is 16.9. The molecule has 7 heteroatoms. The summed E-state index contributed by atoms with van der Waals surface area (Å²) in [5.41, 5.74) is 1.32. The van der Waals surface area contributed by atoms with Crippen molar-refractivity contribution in [1.82, 2.24) is 19.6 Å². The second-order valence-electron chi connectivity index (χ2n) is 7.42. The van der Waals surface area contributed by atoms with Gasteiger partial charge in [-0.3, -0.25) is 14.6 Å². The first-order valence-electron chi connectivity index (χ1n) is 10.3. The van der Waals surface area contributed by atoms with E-state index in [1.807, 2.05) is 17.9 Å². The second-order valence-corrected chi connectivity index (χ2v) is 7.42. The van der Waals surface area contributed by atoms with Crippen LogP contribution in [0, 0.1) is 0 Å². The summed E-state index contributed by atoms with van der Waals surface area (Å²) in [6.45, 7) is 10.4. The molecule has 1 aromatic carbocycles. The Morgan fingerprint density at radius 3 is 2.11 bits per heavy atom. The number of benzene rings is 1. The molecule has 0 aliphatic carbocycles. The normalized spacial score (nSPS) is 18.9. The summed E-state index contributed by atoms with van der Waals surface area (Å²) in [7, 11) is 0. The lowest BCUT2D eigenvalue weighted by Crippen LogP contribution is -2.51. The number of hydrogen-bond acceptors (Lipinski definition) is 5. The van der Waals surface area contributed by atoms with Gasteiger partial charge in [0.25, 0.3) is 0 Å². The van der Waals surface area contributed by atoms with E-state index >= 15 is 0 Å². The third-order valence-electron chi connectivity index (χ3n) is 5.51. The van der Waals surface area contributed by atoms with Crippen molar-refractivity contribution in [2.45, 2.75) is 19.9 Å². The number of piperazine rings is 2. The molecule has 0 saturated carbocycles. The molecular formula is C21H32N4O3. The predicted octanol–water partition coefficient (Wildman–Crippen LogP) is 1.50. The first-order valence-corrected chi connectivity index (χ1v) is 10.3. The summed E-state index contributed by atoms with van der Waals surface area (Å²) in [6.07, 6.45) is 0.324. The number of rotatable bonds is 6. The van der Waals surface area contributed by atoms with E-state index in [9.17, 15) is 9.59 Å². The number of ether oxygens (including phenoxy) is 1. The molecule has 154 valence electrons. The zero-order chi connectivity index (χ0) is 19.8. The van der Waals surface area contributed by atoms with Crippen LogP contribution in [0.4, 0.5) is 4.79 Å². The van der Waals surface area contributed by atoms with E-state index in [4.69, 9.17) is 4.74 Å². The van der Waals surface area contributed by atoms with Gasteiger partial charge in [0.1, 0.15) is 0 Å². The minimum absolute atomic E-state index is 0.230. The number of nitrogens with zero attached hydrogens (tertiary/aromatic N) is 4. The highest BCUT2D eigenvalue weighted by Gasteiger charge is 2.24. The molecule has 28 heavy (non-hydrogen) atoms. The van der Waals surface area contributed by atoms with E-state index in [1.165, 1.54) is 5.56 Å². The van der Waals surface area contributed by atoms with Crippen molar-refractivity contribution in [2.75, 3.05) is 65.5 Å². The molecule has 0 spiro atoms. The van der Waals surface area contributed by atoms with Crippen LogP contribution in [-0.2, 0) is 16.1 Å². The van der Waals surface area contributed by atoms with Crippen molar-refractivity contribution < 1.29 is 14.3 Å². The third-order valence-corrected chi connectivity index (χ3v) is 5.51. The van der Waals surface area contributed by atoms with Gasteiger partial charge in [0.15, 0.2) is 0 Å². The summed E-state index contributed by atoms with van der Waals surface area (Å²) >= 11 is 0. The van der Waals surface area contributed by atoms with E-state index in [1.54, 1.807) is 4.90 Å². The fourth-order valence-electron chi connectivity index (χ4n) is 3.78. The van der Waals surface area contributed by atoms with Crippen LogP contribution in [0.3, 0.4) is 0 Å². The fraction of sp³-hybridized carbons (Fsp3) is 0.619. The molecule has 3 rings (SSSR count). The standard InChI is InChI=1S/C21H32N4O3/c1-2-28-21(27)25-16-10-22(11-17-25)9-8-20(26)24-14-12-23(13-15-24)18-19-6-4-3-5-7-19/h3-7H,2,8-18H2,1H3. The first-order chi connectivity index (χ1) is 13.7. The highest BCUT2D eigenvalue weighted by molar-refractivity contribution is 5.76. The van der Waals surface area contributed by atoms with Crippen molar-refractivity contribution in [2.24, 2.45) is 0 Å². The Kier molecular flexibility index (Phi) is 7.68. The number of amides is 2. The lowest BCUT2D eigenvalue weighted by molar-refractivity contribution is -0.133. The van der Waals surface area contributed by atoms with E-state index in [0.29, 0.717) is 26.1 Å². The lowest BCUT2D eigenvalue weighted by atomic mass is 10.2. The van der Waals surface area contributed by atoms with Crippen molar-refractivity contribution >= 4 is 12.0 Å². The molecule has 2 amide bonds. The van der Waals surface area contributed by atoms with Gasteiger partial charge in [-0.1, -0.05) is 30.3 Å². The van der Waals surface area contributed by atoms with Crippen molar-refractivity contribution in [1.29, 1.82) is 0 Å². The maximum absolute atomic E-state index is 12.6. The molecule has 2 aliphatic rings. The minimum atomic E-state index is -0.230. The predicted molar refractivity (Wildman–Crippen MR) is 108 cm³/mol. The highest BCUT2D eigenvalue weighted by Crippen LogP contribution is 2.10. The quantitative estimate of drug-likeness (QED) is 0.739. The van der Waals surface area contributed by atoms with E-state index < -0.39 is 0 Å². The lowest BCUT2D eigenvalue weighted by Gasteiger charge is -2.36.